The van der Waals surface area contributed by atoms with Crippen LogP contribution in [0, 0.1) is 11.8 Å². The molecule has 7 heteroatoms. The highest BCUT2D eigenvalue weighted by molar-refractivity contribution is 5.85. The van der Waals surface area contributed by atoms with Gasteiger partial charge in [-0.3, -0.25) is 4.79 Å². The Hall–Kier alpha value is -0.0700. The Morgan fingerprint density at radius 3 is 2.25 bits per heavy atom. The Kier molecular flexibility index (Phi) is 12.3. The lowest BCUT2D eigenvalue weighted by molar-refractivity contribution is -0.140. The Morgan fingerprint density at radius 2 is 1.79 bits per heavy atom. The van der Waals surface area contributed by atoms with Crippen LogP contribution < -0.4 is 5.32 Å². The summed E-state index contributed by atoms with van der Waals surface area (Å²) in [7, 11) is 0. The first-order valence-corrected chi connectivity index (χ1v) is 8.99. The Labute approximate surface area is 159 Å². The number of nitrogens with one attached hydrogen (secondary N) is 1. The van der Waals surface area contributed by atoms with Crippen LogP contribution in [0.25, 0.3) is 0 Å². The normalized spacial score (nSPS) is 20.1. The molecule has 2 aliphatic rings. The van der Waals surface area contributed by atoms with E-state index >= 15 is 0 Å². The largest absolute Gasteiger partial charge is 0.377 e. The summed E-state index contributed by atoms with van der Waals surface area (Å²) in [6.07, 6.45) is 2.31. The molecule has 1 atom stereocenters. The number of amides is 1. The van der Waals surface area contributed by atoms with Gasteiger partial charge in [0.05, 0.1) is 12.7 Å². The quantitative estimate of drug-likeness (QED) is 0.696. The fraction of sp³-hybridized carbons (Fsp3) is 0.941. The first-order valence-electron chi connectivity index (χ1n) is 8.99. The Balaban J connectivity index is 0.00000264. The number of piperidine rings is 1. The minimum atomic E-state index is 0. The molecule has 144 valence electrons. The molecule has 0 spiro atoms. The highest BCUT2D eigenvalue weighted by atomic mass is 35.5. The van der Waals surface area contributed by atoms with Crippen LogP contribution in [0.4, 0.5) is 0 Å². The van der Waals surface area contributed by atoms with Crippen molar-refractivity contribution < 1.29 is 9.53 Å². The van der Waals surface area contributed by atoms with Gasteiger partial charge < -0.3 is 19.9 Å². The van der Waals surface area contributed by atoms with Gasteiger partial charge in [0.2, 0.25) is 5.91 Å². The molecule has 0 bridgehead atoms. The third-order valence-corrected chi connectivity index (χ3v) is 5.32. The van der Waals surface area contributed by atoms with Crippen molar-refractivity contribution >= 4 is 30.7 Å². The topological polar surface area (TPSA) is 44.8 Å². The van der Waals surface area contributed by atoms with Crippen LogP contribution >= 0.6 is 24.8 Å². The molecule has 24 heavy (non-hydrogen) atoms. The van der Waals surface area contributed by atoms with Gasteiger partial charge in [-0.15, -0.1) is 24.8 Å². The molecule has 0 aromatic heterocycles. The highest BCUT2D eigenvalue weighted by Crippen LogP contribution is 2.21. The van der Waals surface area contributed by atoms with Crippen LogP contribution in [-0.2, 0) is 9.53 Å². The molecule has 1 amide bonds. The smallest absolute Gasteiger partial charge is 0.225 e. The van der Waals surface area contributed by atoms with E-state index in [1.165, 1.54) is 0 Å². The minimum absolute atomic E-state index is 0. The summed E-state index contributed by atoms with van der Waals surface area (Å²) in [5.74, 6) is 1.05. The zero-order chi connectivity index (χ0) is 15.9. The summed E-state index contributed by atoms with van der Waals surface area (Å²) in [5, 5.41) is 3.25. The number of halogens is 2. The minimum Gasteiger partial charge on any atom is -0.377 e. The van der Waals surface area contributed by atoms with Gasteiger partial charge in [-0.1, -0.05) is 20.8 Å². The number of hydrogen-bond acceptors (Lipinski definition) is 4. The van der Waals surface area contributed by atoms with Gasteiger partial charge in [0.15, 0.2) is 0 Å². The molecule has 2 heterocycles. The molecule has 0 saturated carbocycles. The molecule has 2 fully saturated rings. The zero-order valence-electron chi connectivity index (χ0n) is 15.3. The van der Waals surface area contributed by atoms with Crippen LogP contribution in [0.15, 0.2) is 0 Å². The van der Waals surface area contributed by atoms with Crippen LogP contribution in [0.3, 0.4) is 0 Å². The first kappa shape index (κ1) is 23.9. The summed E-state index contributed by atoms with van der Waals surface area (Å²) in [5.41, 5.74) is 0. The molecular weight excluding hydrogens is 349 g/mol. The summed E-state index contributed by atoms with van der Waals surface area (Å²) in [6, 6.07) is 0. The van der Waals surface area contributed by atoms with Crippen LogP contribution in [0.2, 0.25) is 0 Å². The second-order valence-corrected chi connectivity index (χ2v) is 6.63. The molecule has 0 aromatic carbocycles. The van der Waals surface area contributed by atoms with Crippen LogP contribution in [0.5, 0.6) is 0 Å². The van der Waals surface area contributed by atoms with Gasteiger partial charge in [0.1, 0.15) is 0 Å². The van der Waals surface area contributed by atoms with Gasteiger partial charge in [-0.05, 0) is 44.9 Å². The van der Waals surface area contributed by atoms with Crippen LogP contribution in [0.1, 0.15) is 33.6 Å². The number of likely N-dealkylation sites (tertiary alicyclic amines) is 1. The maximum atomic E-state index is 12.5. The molecule has 2 rings (SSSR count). The molecule has 0 radical (unpaired) electrons. The molecule has 0 aliphatic carbocycles. The lowest BCUT2D eigenvalue weighted by Gasteiger charge is -2.38. The van der Waals surface area contributed by atoms with E-state index in [4.69, 9.17) is 4.74 Å². The summed E-state index contributed by atoms with van der Waals surface area (Å²) < 4.78 is 6.00. The predicted octanol–water partition coefficient (Wildman–Crippen LogP) is 2.03. The standard InChI is InChI=1S/C17H33N3O2.2ClH/c1-4-19(5-2)10-11-22-16-6-8-20(9-7-16)17(21)14(3)15-12-18-13-15;;/h14-16,18H,4-13H2,1-3H3;2*1H. The van der Waals surface area contributed by atoms with Gasteiger partial charge in [-0.25, -0.2) is 0 Å². The van der Waals surface area contributed by atoms with Crippen molar-refractivity contribution in [1.29, 1.82) is 0 Å². The number of likely N-dealkylation sites (N-methyl/N-ethyl adjacent to an activating group) is 1. The number of nitrogens with zero attached hydrogens (tertiary/aromatic N) is 2. The summed E-state index contributed by atoms with van der Waals surface area (Å²) in [4.78, 5) is 16.9. The van der Waals surface area contributed by atoms with Gasteiger partial charge in [0, 0.05) is 25.6 Å². The van der Waals surface area contributed by atoms with Gasteiger partial charge in [-0.2, -0.15) is 0 Å². The molecule has 1 unspecified atom stereocenters. The fourth-order valence-electron chi connectivity index (χ4n) is 3.29. The maximum Gasteiger partial charge on any atom is 0.225 e. The van der Waals surface area contributed by atoms with Gasteiger partial charge >= 0.3 is 0 Å². The van der Waals surface area contributed by atoms with E-state index in [9.17, 15) is 4.79 Å². The fourth-order valence-corrected chi connectivity index (χ4v) is 3.29. The molecule has 2 aliphatic heterocycles. The Bertz CT molecular complexity index is 345. The summed E-state index contributed by atoms with van der Waals surface area (Å²) >= 11 is 0. The Morgan fingerprint density at radius 1 is 1.21 bits per heavy atom. The van der Waals surface area contributed by atoms with Gasteiger partial charge in [0.25, 0.3) is 0 Å². The second-order valence-electron chi connectivity index (χ2n) is 6.63. The lowest BCUT2D eigenvalue weighted by atomic mass is 9.87. The van der Waals surface area contributed by atoms with E-state index in [0.717, 1.165) is 65.3 Å². The third kappa shape index (κ3) is 6.68. The van der Waals surface area contributed by atoms with E-state index in [0.29, 0.717) is 17.9 Å². The average Bonchev–Trinajstić information content (AvgIpc) is 2.50. The predicted molar refractivity (Wildman–Crippen MR) is 103 cm³/mol. The number of carbonyl (C=O) groups excluding carboxylic acids is 1. The molecule has 1 N–H and O–H groups in total. The van der Waals surface area contributed by atoms with Crippen molar-refractivity contribution in [1.82, 2.24) is 15.1 Å². The van der Waals surface area contributed by atoms with Crippen molar-refractivity contribution in [3.63, 3.8) is 0 Å². The molecule has 0 aromatic rings. The summed E-state index contributed by atoms with van der Waals surface area (Å²) in [6.45, 7) is 14.2. The van der Waals surface area contributed by atoms with E-state index in [2.05, 4.69) is 31.0 Å². The molecule has 2 saturated heterocycles. The van der Waals surface area contributed by atoms with E-state index in [-0.39, 0.29) is 30.7 Å². The number of hydrogen-bond donors (Lipinski definition) is 1. The average molecular weight is 384 g/mol. The number of rotatable bonds is 8. The van der Waals surface area contributed by atoms with Crippen molar-refractivity contribution in [3.8, 4) is 0 Å². The molecular formula is C17H35Cl2N3O2. The number of ether oxygens (including phenoxy) is 1. The van der Waals surface area contributed by atoms with E-state index in [1.54, 1.807) is 0 Å². The van der Waals surface area contributed by atoms with E-state index < -0.39 is 0 Å². The van der Waals surface area contributed by atoms with Crippen molar-refractivity contribution in [2.24, 2.45) is 11.8 Å². The number of carbonyl (C=O) groups is 1. The van der Waals surface area contributed by atoms with Crippen molar-refractivity contribution in [2.45, 2.75) is 39.7 Å². The van der Waals surface area contributed by atoms with Crippen LogP contribution in [-0.4, -0.2) is 74.2 Å². The molecule has 5 nitrogen and oxygen atoms in total. The second kappa shape index (κ2) is 12.3. The SMILES string of the molecule is CCN(CC)CCOC1CCN(C(=O)C(C)C2CNC2)CC1.Cl.Cl. The third-order valence-electron chi connectivity index (χ3n) is 5.32. The van der Waals surface area contributed by atoms with E-state index in [1.807, 2.05) is 4.90 Å². The zero-order valence-corrected chi connectivity index (χ0v) is 17.0. The highest BCUT2D eigenvalue weighted by Gasteiger charge is 2.33. The first-order chi connectivity index (χ1) is 10.7. The van der Waals surface area contributed by atoms with Crippen molar-refractivity contribution in [2.75, 3.05) is 52.4 Å². The monoisotopic (exact) mass is 383 g/mol. The lowest BCUT2D eigenvalue weighted by Crippen LogP contribution is -2.52. The maximum absolute atomic E-state index is 12.5. The van der Waals surface area contributed by atoms with Crippen molar-refractivity contribution in [3.05, 3.63) is 0 Å².